The van der Waals surface area contributed by atoms with Crippen LogP contribution in [0.25, 0.3) is 0 Å². The molecule has 88 valence electrons. The highest BCUT2D eigenvalue weighted by molar-refractivity contribution is 9.09. The zero-order chi connectivity index (χ0) is 11.3. The van der Waals surface area contributed by atoms with Gasteiger partial charge in [0.1, 0.15) is 0 Å². The predicted molar refractivity (Wildman–Crippen MR) is 67.4 cm³/mol. The quantitative estimate of drug-likeness (QED) is 0.604. The Hall–Kier alpha value is 0.440. The summed E-state index contributed by atoms with van der Waals surface area (Å²) in [6.45, 7) is 9.34. The van der Waals surface area contributed by atoms with Crippen molar-refractivity contribution in [3.05, 3.63) is 0 Å². The molecule has 1 nitrogen and oxygen atoms in total. The van der Waals surface area contributed by atoms with Crippen molar-refractivity contribution in [2.75, 3.05) is 0 Å². The van der Waals surface area contributed by atoms with E-state index in [4.69, 9.17) is 4.74 Å². The summed E-state index contributed by atoms with van der Waals surface area (Å²) in [7, 11) is 0. The van der Waals surface area contributed by atoms with Crippen molar-refractivity contribution in [3.8, 4) is 0 Å². The molecule has 2 heteroatoms. The van der Waals surface area contributed by atoms with Crippen LogP contribution in [0.4, 0.5) is 0 Å². The lowest BCUT2D eigenvalue weighted by Gasteiger charge is -2.56. The Morgan fingerprint density at radius 1 is 1.13 bits per heavy atom. The molecule has 1 aliphatic carbocycles. The number of halogens is 1. The van der Waals surface area contributed by atoms with E-state index in [0.29, 0.717) is 22.3 Å². The molecule has 0 aromatic carbocycles. The first-order valence-electron chi connectivity index (χ1n) is 6.18. The standard InChI is InChI=1S/C13H23BrO/c1-9-5-6-10-12(2,3)11(14)7-8-13(10,4)15-9/h9-11H,5-8H2,1-4H3/t9-,10-,11-,13-/m0/s1. The Bertz CT molecular complexity index is 251. The van der Waals surface area contributed by atoms with Crippen LogP contribution in [0.5, 0.6) is 0 Å². The van der Waals surface area contributed by atoms with Gasteiger partial charge in [-0.05, 0) is 50.9 Å². The van der Waals surface area contributed by atoms with E-state index in [1.807, 2.05) is 0 Å². The Morgan fingerprint density at radius 3 is 2.47 bits per heavy atom. The lowest BCUT2D eigenvalue weighted by Crippen LogP contribution is -2.56. The molecule has 0 N–H and O–H groups in total. The van der Waals surface area contributed by atoms with E-state index in [1.165, 1.54) is 25.7 Å². The smallest absolute Gasteiger partial charge is 0.0692 e. The van der Waals surface area contributed by atoms with Crippen LogP contribution in [0, 0.1) is 11.3 Å². The monoisotopic (exact) mass is 274 g/mol. The van der Waals surface area contributed by atoms with Crippen LogP contribution in [0.3, 0.4) is 0 Å². The number of ether oxygens (including phenoxy) is 1. The van der Waals surface area contributed by atoms with Gasteiger partial charge in [-0.15, -0.1) is 0 Å². The summed E-state index contributed by atoms with van der Waals surface area (Å²) in [5, 5.41) is 0. The fourth-order valence-electron chi connectivity index (χ4n) is 3.70. The Labute approximate surface area is 102 Å². The second kappa shape index (κ2) is 3.73. The number of fused-ring (bicyclic) bond motifs is 1. The molecule has 0 bridgehead atoms. The largest absolute Gasteiger partial charge is 0.372 e. The zero-order valence-corrected chi connectivity index (χ0v) is 11.9. The minimum absolute atomic E-state index is 0.130. The summed E-state index contributed by atoms with van der Waals surface area (Å²) in [5.74, 6) is 0.708. The molecule has 1 aliphatic heterocycles. The van der Waals surface area contributed by atoms with Gasteiger partial charge in [0.25, 0.3) is 0 Å². The van der Waals surface area contributed by atoms with Crippen molar-refractivity contribution in [3.63, 3.8) is 0 Å². The summed E-state index contributed by atoms with van der Waals surface area (Å²) in [5.41, 5.74) is 0.499. The number of hydrogen-bond acceptors (Lipinski definition) is 1. The zero-order valence-electron chi connectivity index (χ0n) is 10.3. The van der Waals surface area contributed by atoms with E-state index < -0.39 is 0 Å². The van der Waals surface area contributed by atoms with Crippen LogP contribution in [0.2, 0.25) is 0 Å². The highest BCUT2D eigenvalue weighted by atomic mass is 79.9. The minimum Gasteiger partial charge on any atom is -0.372 e. The fourth-order valence-corrected chi connectivity index (χ4v) is 4.25. The summed E-state index contributed by atoms with van der Waals surface area (Å²) >= 11 is 3.86. The SMILES string of the molecule is C[C@H]1CC[C@H]2C(C)(C)[C@@H](Br)CC[C@]2(C)O1. The Balaban J connectivity index is 2.25. The molecular formula is C13H23BrO. The maximum absolute atomic E-state index is 6.24. The normalized spacial score (nSPS) is 49.8. The van der Waals surface area contributed by atoms with E-state index in [1.54, 1.807) is 0 Å². The summed E-state index contributed by atoms with van der Waals surface area (Å²) in [6, 6.07) is 0. The molecule has 0 unspecified atom stereocenters. The van der Waals surface area contributed by atoms with Gasteiger partial charge in [-0.1, -0.05) is 29.8 Å². The predicted octanol–water partition coefficient (Wildman–Crippen LogP) is 4.14. The third-order valence-corrected chi connectivity index (χ3v) is 6.31. The van der Waals surface area contributed by atoms with Crippen LogP contribution in [-0.2, 0) is 4.74 Å². The van der Waals surface area contributed by atoms with Crippen molar-refractivity contribution in [2.45, 2.75) is 69.9 Å². The van der Waals surface area contributed by atoms with Crippen LogP contribution in [0.1, 0.15) is 53.4 Å². The van der Waals surface area contributed by atoms with Gasteiger partial charge in [-0.3, -0.25) is 0 Å². The first kappa shape index (κ1) is 11.9. The van der Waals surface area contributed by atoms with Crippen LogP contribution in [-0.4, -0.2) is 16.5 Å². The van der Waals surface area contributed by atoms with Crippen LogP contribution >= 0.6 is 15.9 Å². The first-order chi connectivity index (χ1) is 6.86. The third-order valence-electron chi connectivity index (χ3n) is 4.67. The van der Waals surface area contributed by atoms with E-state index in [-0.39, 0.29) is 5.60 Å². The number of rotatable bonds is 0. The van der Waals surface area contributed by atoms with Crippen molar-refractivity contribution in [1.82, 2.24) is 0 Å². The Kier molecular flexibility index (Phi) is 2.96. The van der Waals surface area contributed by atoms with E-state index in [2.05, 4.69) is 43.6 Å². The molecule has 0 aromatic rings. The lowest BCUT2D eigenvalue weighted by atomic mass is 9.59. The van der Waals surface area contributed by atoms with Gasteiger partial charge < -0.3 is 4.74 Å². The second-order valence-electron chi connectivity index (χ2n) is 6.20. The average molecular weight is 275 g/mol. The summed E-state index contributed by atoms with van der Waals surface area (Å²) < 4.78 is 6.24. The lowest BCUT2D eigenvalue weighted by molar-refractivity contribution is -0.191. The first-order valence-corrected chi connectivity index (χ1v) is 7.10. The van der Waals surface area contributed by atoms with Crippen molar-refractivity contribution in [2.24, 2.45) is 11.3 Å². The fraction of sp³-hybridized carbons (Fsp3) is 1.00. The molecule has 2 aliphatic rings. The minimum atomic E-state index is 0.130. The molecule has 1 saturated carbocycles. The maximum atomic E-state index is 6.24. The van der Waals surface area contributed by atoms with Crippen molar-refractivity contribution >= 4 is 15.9 Å². The molecule has 0 aromatic heterocycles. The van der Waals surface area contributed by atoms with Gasteiger partial charge in [0.15, 0.2) is 0 Å². The third kappa shape index (κ3) is 1.88. The van der Waals surface area contributed by atoms with Gasteiger partial charge in [0, 0.05) is 4.83 Å². The van der Waals surface area contributed by atoms with E-state index in [9.17, 15) is 0 Å². The molecule has 0 spiro atoms. The average Bonchev–Trinajstić information content (AvgIpc) is 2.11. The van der Waals surface area contributed by atoms with Gasteiger partial charge in [-0.25, -0.2) is 0 Å². The van der Waals surface area contributed by atoms with Gasteiger partial charge in [0.2, 0.25) is 0 Å². The summed E-state index contributed by atoms with van der Waals surface area (Å²) in [4.78, 5) is 0.653. The highest BCUT2D eigenvalue weighted by Crippen LogP contribution is 2.54. The van der Waals surface area contributed by atoms with E-state index in [0.717, 1.165) is 0 Å². The van der Waals surface area contributed by atoms with Crippen molar-refractivity contribution < 1.29 is 4.74 Å². The summed E-state index contributed by atoms with van der Waals surface area (Å²) in [6.07, 6.45) is 5.46. The molecule has 1 heterocycles. The number of hydrogen-bond donors (Lipinski definition) is 0. The topological polar surface area (TPSA) is 9.23 Å². The number of alkyl halides is 1. The second-order valence-corrected chi connectivity index (χ2v) is 7.30. The van der Waals surface area contributed by atoms with Crippen molar-refractivity contribution in [1.29, 1.82) is 0 Å². The van der Waals surface area contributed by atoms with Crippen LogP contribution in [0.15, 0.2) is 0 Å². The molecule has 2 fully saturated rings. The molecule has 0 amide bonds. The molecule has 4 atom stereocenters. The van der Waals surface area contributed by atoms with Crippen LogP contribution < -0.4 is 0 Å². The highest BCUT2D eigenvalue weighted by Gasteiger charge is 2.53. The van der Waals surface area contributed by atoms with Gasteiger partial charge >= 0.3 is 0 Å². The van der Waals surface area contributed by atoms with E-state index >= 15 is 0 Å². The maximum Gasteiger partial charge on any atom is 0.0692 e. The van der Waals surface area contributed by atoms with Gasteiger partial charge in [0.05, 0.1) is 11.7 Å². The molecule has 1 saturated heterocycles. The Morgan fingerprint density at radius 2 is 1.80 bits per heavy atom. The molecule has 0 radical (unpaired) electrons. The van der Waals surface area contributed by atoms with Gasteiger partial charge in [-0.2, -0.15) is 0 Å². The molecular weight excluding hydrogens is 252 g/mol. The molecule has 2 rings (SSSR count). The molecule has 15 heavy (non-hydrogen) atoms.